The van der Waals surface area contributed by atoms with Crippen molar-refractivity contribution >= 4 is 29.0 Å². The lowest BCUT2D eigenvalue weighted by atomic mass is 10.2. The first-order chi connectivity index (χ1) is 11.1. The van der Waals surface area contributed by atoms with Crippen LogP contribution in [0, 0.1) is 6.92 Å². The molecule has 1 aromatic heterocycles. The molecule has 2 rings (SSSR count). The second-order valence-corrected chi connectivity index (χ2v) is 7.86. The molecule has 124 valence electrons. The second-order valence-electron chi connectivity index (χ2n) is 5.71. The number of aryl methyl sites for hydroxylation is 1. The summed E-state index contributed by atoms with van der Waals surface area (Å²) in [5.41, 5.74) is 1.26. The molecule has 0 saturated carbocycles. The van der Waals surface area contributed by atoms with Crippen LogP contribution in [0.25, 0.3) is 0 Å². The lowest BCUT2D eigenvalue weighted by Gasteiger charge is -2.23. The maximum atomic E-state index is 12.0. The van der Waals surface area contributed by atoms with E-state index >= 15 is 0 Å². The molecule has 0 spiro atoms. The summed E-state index contributed by atoms with van der Waals surface area (Å²) in [4.78, 5) is 16.7. The van der Waals surface area contributed by atoms with Crippen LogP contribution in [0.2, 0.25) is 0 Å². The molecule has 0 aliphatic rings. The Morgan fingerprint density at radius 3 is 2.61 bits per heavy atom. The van der Waals surface area contributed by atoms with Gasteiger partial charge in [-0.15, -0.1) is 23.1 Å². The number of rotatable bonds is 8. The molecule has 0 radical (unpaired) electrons. The molecule has 1 heterocycles. The number of carbonyl (C=O) groups is 1. The smallest absolute Gasteiger partial charge is 0.220 e. The molecule has 3 nitrogen and oxygen atoms in total. The molecule has 2 aromatic rings. The Kier molecular flexibility index (Phi) is 7.15. The van der Waals surface area contributed by atoms with Crippen LogP contribution in [-0.4, -0.2) is 37.2 Å². The van der Waals surface area contributed by atoms with E-state index < -0.39 is 0 Å². The molecule has 5 heteroatoms. The maximum Gasteiger partial charge on any atom is 0.220 e. The molecule has 1 aromatic carbocycles. The average Bonchev–Trinajstić information content (AvgIpc) is 3.03. The monoisotopic (exact) mass is 348 g/mol. The van der Waals surface area contributed by atoms with E-state index in [0.29, 0.717) is 13.0 Å². The molecule has 0 aliphatic heterocycles. The van der Waals surface area contributed by atoms with Crippen molar-refractivity contribution in [2.75, 3.05) is 26.4 Å². The van der Waals surface area contributed by atoms with Gasteiger partial charge in [0.15, 0.2) is 0 Å². The topological polar surface area (TPSA) is 32.3 Å². The molecule has 1 amide bonds. The SMILES string of the molecule is Cc1ccc(SCCC(=O)NCC(c2cccs2)N(C)C)cc1. The van der Waals surface area contributed by atoms with Gasteiger partial charge in [-0.05, 0) is 44.6 Å². The van der Waals surface area contributed by atoms with E-state index in [-0.39, 0.29) is 11.9 Å². The Balaban J connectivity index is 1.73. The standard InChI is InChI=1S/C18H24N2OS2/c1-14-6-8-15(9-7-14)22-12-10-18(21)19-13-16(20(2)3)17-5-4-11-23-17/h4-9,11,16H,10,12-13H2,1-3H3,(H,19,21). The summed E-state index contributed by atoms with van der Waals surface area (Å²) in [5, 5.41) is 5.14. The predicted molar refractivity (Wildman–Crippen MR) is 100 cm³/mol. The lowest BCUT2D eigenvalue weighted by Crippen LogP contribution is -2.34. The van der Waals surface area contributed by atoms with E-state index in [4.69, 9.17) is 0 Å². The molecule has 1 N–H and O–H groups in total. The molecule has 23 heavy (non-hydrogen) atoms. The molecule has 1 unspecified atom stereocenters. The van der Waals surface area contributed by atoms with Crippen LogP contribution in [0.4, 0.5) is 0 Å². The molecule has 1 atom stereocenters. The van der Waals surface area contributed by atoms with Crippen molar-refractivity contribution in [2.45, 2.75) is 24.3 Å². The van der Waals surface area contributed by atoms with Gasteiger partial charge in [0.25, 0.3) is 0 Å². The van der Waals surface area contributed by atoms with E-state index in [0.717, 1.165) is 5.75 Å². The van der Waals surface area contributed by atoms with Gasteiger partial charge >= 0.3 is 0 Å². The highest BCUT2D eigenvalue weighted by Crippen LogP contribution is 2.22. The van der Waals surface area contributed by atoms with E-state index in [1.54, 1.807) is 23.1 Å². The Hall–Kier alpha value is -1.30. The highest BCUT2D eigenvalue weighted by atomic mass is 32.2. The normalized spacial score (nSPS) is 12.3. The number of nitrogens with one attached hydrogen (secondary N) is 1. The number of thiophene rings is 1. The van der Waals surface area contributed by atoms with Crippen LogP contribution < -0.4 is 5.32 Å². The predicted octanol–water partition coefficient (Wildman–Crippen LogP) is 3.96. The second kappa shape index (κ2) is 9.11. The zero-order valence-corrected chi connectivity index (χ0v) is 15.5. The van der Waals surface area contributed by atoms with Gasteiger partial charge in [-0.25, -0.2) is 0 Å². The highest BCUT2D eigenvalue weighted by molar-refractivity contribution is 7.99. The third kappa shape index (κ3) is 6.01. The first kappa shape index (κ1) is 18.0. The van der Waals surface area contributed by atoms with Crippen LogP contribution in [0.3, 0.4) is 0 Å². The van der Waals surface area contributed by atoms with Gasteiger partial charge in [-0.2, -0.15) is 0 Å². The zero-order chi connectivity index (χ0) is 16.7. The molecule has 0 aliphatic carbocycles. The molecule has 0 fully saturated rings. The number of hydrogen-bond donors (Lipinski definition) is 1. The van der Waals surface area contributed by atoms with Gasteiger partial charge in [0.2, 0.25) is 5.91 Å². The zero-order valence-electron chi connectivity index (χ0n) is 13.9. The lowest BCUT2D eigenvalue weighted by molar-refractivity contribution is -0.120. The fourth-order valence-corrected chi connectivity index (χ4v) is 3.99. The van der Waals surface area contributed by atoms with Crippen molar-refractivity contribution in [3.63, 3.8) is 0 Å². The Labute approximate surface area is 147 Å². The first-order valence-corrected chi connectivity index (χ1v) is 9.59. The Morgan fingerprint density at radius 2 is 2.00 bits per heavy atom. The van der Waals surface area contributed by atoms with Gasteiger partial charge < -0.3 is 10.2 Å². The fourth-order valence-electron chi connectivity index (χ4n) is 2.21. The summed E-state index contributed by atoms with van der Waals surface area (Å²) in [7, 11) is 4.09. The van der Waals surface area contributed by atoms with E-state index in [2.05, 4.69) is 58.9 Å². The third-order valence-corrected chi connectivity index (χ3v) is 5.59. The Bertz CT molecular complexity index is 594. The quantitative estimate of drug-likeness (QED) is 0.733. The van der Waals surface area contributed by atoms with E-state index in [9.17, 15) is 4.79 Å². The number of nitrogens with zero attached hydrogens (tertiary/aromatic N) is 1. The summed E-state index contributed by atoms with van der Waals surface area (Å²) < 4.78 is 0. The third-order valence-electron chi connectivity index (χ3n) is 3.61. The van der Waals surface area contributed by atoms with Gasteiger partial charge in [0, 0.05) is 28.5 Å². The average molecular weight is 349 g/mol. The van der Waals surface area contributed by atoms with Crippen molar-refractivity contribution in [3.05, 3.63) is 52.2 Å². The number of hydrogen-bond acceptors (Lipinski definition) is 4. The van der Waals surface area contributed by atoms with Crippen LogP contribution in [0.5, 0.6) is 0 Å². The summed E-state index contributed by atoms with van der Waals surface area (Å²) in [5.74, 6) is 0.925. The first-order valence-electron chi connectivity index (χ1n) is 7.72. The summed E-state index contributed by atoms with van der Waals surface area (Å²) >= 11 is 3.46. The summed E-state index contributed by atoms with van der Waals surface area (Å²) in [6.07, 6.45) is 0.545. The minimum Gasteiger partial charge on any atom is -0.354 e. The van der Waals surface area contributed by atoms with Crippen LogP contribution >= 0.6 is 23.1 Å². The molecular formula is C18H24N2OS2. The van der Waals surface area contributed by atoms with Crippen molar-refractivity contribution in [3.8, 4) is 0 Å². The fraction of sp³-hybridized carbons (Fsp3) is 0.389. The number of benzene rings is 1. The van der Waals surface area contributed by atoms with Crippen molar-refractivity contribution in [2.24, 2.45) is 0 Å². The summed E-state index contributed by atoms with van der Waals surface area (Å²) in [6.45, 7) is 2.73. The number of likely N-dealkylation sites (N-methyl/N-ethyl adjacent to an activating group) is 1. The summed E-state index contributed by atoms with van der Waals surface area (Å²) in [6, 6.07) is 12.8. The van der Waals surface area contributed by atoms with Crippen LogP contribution in [0.15, 0.2) is 46.7 Å². The minimum atomic E-state index is 0.119. The highest BCUT2D eigenvalue weighted by Gasteiger charge is 2.16. The molecule has 0 bridgehead atoms. The van der Waals surface area contributed by atoms with Crippen molar-refractivity contribution in [1.82, 2.24) is 10.2 Å². The van der Waals surface area contributed by atoms with Gasteiger partial charge in [0.1, 0.15) is 0 Å². The van der Waals surface area contributed by atoms with Gasteiger partial charge in [0.05, 0.1) is 6.04 Å². The Morgan fingerprint density at radius 1 is 1.26 bits per heavy atom. The maximum absolute atomic E-state index is 12.0. The van der Waals surface area contributed by atoms with E-state index in [1.807, 2.05) is 14.1 Å². The largest absolute Gasteiger partial charge is 0.354 e. The number of carbonyl (C=O) groups excluding carboxylic acids is 1. The van der Waals surface area contributed by atoms with E-state index in [1.165, 1.54) is 15.3 Å². The minimum absolute atomic E-state index is 0.119. The van der Waals surface area contributed by atoms with Crippen LogP contribution in [0.1, 0.15) is 22.9 Å². The number of thioether (sulfide) groups is 1. The molecular weight excluding hydrogens is 324 g/mol. The van der Waals surface area contributed by atoms with Crippen molar-refractivity contribution in [1.29, 1.82) is 0 Å². The van der Waals surface area contributed by atoms with Crippen LogP contribution in [-0.2, 0) is 4.79 Å². The molecule has 0 saturated heterocycles. The van der Waals surface area contributed by atoms with Gasteiger partial charge in [-0.1, -0.05) is 23.8 Å². The van der Waals surface area contributed by atoms with Crippen molar-refractivity contribution < 1.29 is 4.79 Å². The number of amides is 1. The van der Waals surface area contributed by atoms with Gasteiger partial charge in [-0.3, -0.25) is 4.79 Å².